The van der Waals surface area contributed by atoms with Crippen LogP contribution < -0.4 is 0 Å². The molecule has 1 rings (SSSR count). The van der Waals surface area contributed by atoms with Gasteiger partial charge in [0.25, 0.3) is 0 Å². The summed E-state index contributed by atoms with van der Waals surface area (Å²) in [7, 11) is 0. The lowest BCUT2D eigenvalue weighted by Gasteiger charge is -2.30. The first kappa shape index (κ1) is 10.7. The number of Topliss-reactive ketones (excluding diaryl/α,β-unsaturated/α-hetero) is 1. The van der Waals surface area contributed by atoms with E-state index < -0.39 is 6.29 Å². The molecule has 0 unspecified atom stereocenters. The Hall–Kier alpha value is -0.410. The number of rotatable bonds is 2. The number of carbonyl (C=O) groups excluding carboxylic acids is 1. The molecule has 0 aliphatic heterocycles. The fourth-order valence-corrected chi connectivity index (χ4v) is 2.09. The summed E-state index contributed by atoms with van der Waals surface area (Å²) in [5.41, 5.74) is -0.0964. The van der Waals surface area contributed by atoms with Crippen molar-refractivity contribution in [1.82, 2.24) is 0 Å². The Morgan fingerprint density at radius 1 is 1.54 bits per heavy atom. The molecule has 13 heavy (non-hydrogen) atoms. The second-order valence-corrected chi connectivity index (χ2v) is 4.63. The molecule has 0 heterocycles. The standard InChI is InChI=1S/C10H18O3/c1-6-8(11)4-7(5-9(12)13)10(6,2)3/h6-7,9,12-13H,4-5H2,1-3H3/t6-,7-/m1/s1. The molecule has 3 nitrogen and oxygen atoms in total. The minimum absolute atomic E-state index is 0.0382. The van der Waals surface area contributed by atoms with Crippen LogP contribution in [0.2, 0.25) is 0 Å². The zero-order chi connectivity index (χ0) is 10.2. The average molecular weight is 186 g/mol. The van der Waals surface area contributed by atoms with Gasteiger partial charge in [0.15, 0.2) is 6.29 Å². The van der Waals surface area contributed by atoms with Gasteiger partial charge in [-0.25, -0.2) is 0 Å². The summed E-state index contributed by atoms with van der Waals surface area (Å²) >= 11 is 0. The predicted molar refractivity (Wildman–Crippen MR) is 48.9 cm³/mol. The van der Waals surface area contributed by atoms with Gasteiger partial charge in [-0.05, 0) is 11.3 Å². The van der Waals surface area contributed by atoms with E-state index in [-0.39, 0.29) is 23.0 Å². The molecule has 3 heteroatoms. The van der Waals surface area contributed by atoms with Crippen molar-refractivity contribution in [2.45, 2.75) is 39.9 Å². The first-order valence-corrected chi connectivity index (χ1v) is 4.74. The van der Waals surface area contributed by atoms with Crippen molar-refractivity contribution < 1.29 is 15.0 Å². The van der Waals surface area contributed by atoms with Crippen molar-refractivity contribution >= 4 is 5.78 Å². The van der Waals surface area contributed by atoms with Gasteiger partial charge in [-0.3, -0.25) is 4.79 Å². The molecule has 2 atom stereocenters. The second-order valence-electron chi connectivity index (χ2n) is 4.63. The fraction of sp³-hybridized carbons (Fsp3) is 0.900. The Kier molecular flexibility index (Phi) is 2.78. The highest BCUT2D eigenvalue weighted by molar-refractivity contribution is 5.84. The minimum atomic E-state index is -1.29. The molecule has 0 aromatic carbocycles. The summed E-state index contributed by atoms with van der Waals surface area (Å²) in [6, 6.07) is 0. The molecule has 76 valence electrons. The molecule has 0 spiro atoms. The summed E-state index contributed by atoms with van der Waals surface area (Å²) in [6.45, 7) is 5.97. The van der Waals surface area contributed by atoms with Crippen molar-refractivity contribution in [3.63, 3.8) is 0 Å². The lowest BCUT2D eigenvalue weighted by molar-refractivity contribution is -0.121. The highest BCUT2D eigenvalue weighted by atomic mass is 16.5. The van der Waals surface area contributed by atoms with E-state index in [1.54, 1.807) is 0 Å². The van der Waals surface area contributed by atoms with Crippen LogP contribution in [0.3, 0.4) is 0 Å². The average Bonchev–Trinajstić information content (AvgIpc) is 2.15. The third kappa shape index (κ3) is 1.92. The normalized spacial score (nSPS) is 32.9. The Balaban J connectivity index is 2.72. The maximum atomic E-state index is 11.4. The van der Waals surface area contributed by atoms with Crippen molar-refractivity contribution in [2.24, 2.45) is 17.3 Å². The van der Waals surface area contributed by atoms with E-state index in [9.17, 15) is 4.79 Å². The van der Waals surface area contributed by atoms with Gasteiger partial charge < -0.3 is 10.2 Å². The summed E-state index contributed by atoms with van der Waals surface area (Å²) in [5, 5.41) is 17.7. The van der Waals surface area contributed by atoms with Crippen LogP contribution in [-0.4, -0.2) is 22.3 Å². The largest absolute Gasteiger partial charge is 0.368 e. The Morgan fingerprint density at radius 2 is 2.08 bits per heavy atom. The number of hydrogen-bond acceptors (Lipinski definition) is 3. The fourth-order valence-electron chi connectivity index (χ4n) is 2.09. The monoisotopic (exact) mass is 186 g/mol. The molecule has 2 N–H and O–H groups in total. The number of aliphatic hydroxyl groups excluding tert-OH is 1. The SMILES string of the molecule is C[C@@H]1C(=O)C[C@H](CC(O)O)C1(C)C. The minimum Gasteiger partial charge on any atom is -0.368 e. The maximum Gasteiger partial charge on any atom is 0.151 e. The summed E-state index contributed by atoms with van der Waals surface area (Å²) in [6.07, 6.45) is -0.489. The molecule has 0 aromatic heterocycles. The molecule has 0 amide bonds. The molecule has 0 radical (unpaired) electrons. The second kappa shape index (κ2) is 3.39. The Bertz CT molecular complexity index is 208. The van der Waals surface area contributed by atoms with Gasteiger partial charge in [0.05, 0.1) is 0 Å². The third-order valence-corrected chi connectivity index (χ3v) is 3.59. The molecule has 1 aliphatic rings. The zero-order valence-electron chi connectivity index (χ0n) is 8.45. The van der Waals surface area contributed by atoms with Gasteiger partial charge in [-0.1, -0.05) is 20.8 Å². The molecule has 1 aliphatic carbocycles. The van der Waals surface area contributed by atoms with Crippen LogP contribution in [0.4, 0.5) is 0 Å². The van der Waals surface area contributed by atoms with Crippen molar-refractivity contribution in [3.8, 4) is 0 Å². The Labute approximate surface area is 78.8 Å². The third-order valence-electron chi connectivity index (χ3n) is 3.59. The van der Waals surface area contributed by atoms with Crippen LogP contribution in [0, 0.1) is 17.3 Å². The van der Waals surface area contributed by atoms with Crippen LogP contribution in [0.25, 0.3) is 0 Å². The van der Waals surface area contributed by atoms with Crippen LogP contribution in [-0.2, 0) is 4.79 Å². The van der Waals surface area contributed by atoms with Gasteiger partial charge in [0.2, 0.25) is 0 Å². The highest BCUT2D eigenvalue weighted by Gasteiger charge is 2.46. The van der Waals surface area contributed by atoms with E-state index in [0.717, 1.165) is 0 Å². The van der Waals surface area contributed by atoms with Crippen LogP contribution in [0.15, 0.2) is 0 Å². The molecule has 0 saturated heterocycles. The summed E-state index contributed by atoms with van der Waals surface area (Å²) < 4.78 is 0. The van der Waals surface area contributed by atoms with Gasteiger partial charge in [0, 0.05) is 18.8 Å². The molecular formula is C10H18O3. The van der Waals surface area contributed by atoms with E-state index in [1.165, 1.54) is 0 Å². The van der Waals surface area contributed by atoms with E-state index in [0.29, 0.717) is 12.8 Å². The molecule has 0 aromatic rings. The quantitative estimate of drug-likeness (QED) is 0.631. The topological polar surface area (TPSA) is 57.5 Å². The van der Waals surface area contributed by atoms with Crippen LogP contribution in [0.5, 0.6) is 0 Å². The van der Waals surface area contributed by atoms with Gasteiger partial charge in [-0.2, -0.15) is 0 Å². The first-order chi connectivity index (χ1) is 5.85. The number of carbonyl (C=O) groups is 1. The molecule has 1 saturated carbocycles. The van der Waals surface area contributed by atoms with Crippen molar-refractivity contribution in [1.29, 1.82) is 0 Å². The number of ketones is 1. The molecule has 0 bridgehead atoms. The van der Waals surface area contributed by atoms with E-state index in [4.69, 9.17) is 10.2 Å². The van der Waals surface area contributed by atoms with Crippen molar-refractivity contribution in [3.05, 3.63) is 0 Å². The van der Waals surface area contributed by atoms with Crippen LogP contribution in [0.1, 0.15) is 33.6 Å². The summed E-state index contributed by atoms with van der Waals surface area (Å²) in [4.78, 5) is 11.4. The van der Waals surface area contributed by atoms with E-state index >= 15 is 0 Å². The smallest absolute Gasteiger partial charge is 0.151 e. The van der Waals surface area contributed by atoms with Gasteiger partial charge in [0.1, 0.15) is 5.78 Å². The van der Waals surface area contributed by atoms with E-state index in [2.05, 4.69) is 0 Å². The van der Waals surface area contributed by atoms with Crippen LogP contribution >= 0.6 is 0 Å². The predicted octanol–water partition coefficient (Wildman–Crippen LogP) is 0.939. The molecular weight excluding hydrogens is 168 g/mol. The first-order valence-electron chi connectivity index (χ1n) is 4.74. The summed E-state index contributed by atoms with van der Waals surface area (Å²) in [5.74, 6) is 0.391. The van der Waals surface area contributed by atoms with Crippen molar-refractivity contribution in [2.75, 3.05) is 0 Å². The molecule has 1 fully saturated rings. The number of hydrogen-bond donors (Lipinski definition) is 2. The number of aliphatic hydroxyl groups is 2. The lowest BCUT2D eigenvalue weighted by Crippen LogP contribution is -2.27. The highest BCUT2D eigenvalue weighted by Crippen LogP contribution is 2.46. The van der Waals surface area contributed by atoms with E-state index in [1.807, 2.05) is 20.8 Å². The Morgan fingerprint density at radius 3 is 2.38 bits per heavy atom. The lowest BCUT2D eigenvalue weighted by atomic mass is 9.75. The maximum absolute atomic E-state index is 11.4. The zero-order valence-corrected chi connectivity index (χ0v) is 8.45. The van der Waals surface area contributed by atoms with Gasteiger partial charge in [-0.15, -0.1) is 0 Å². The van der Waals surface area contributed by atoms with Gasteiger partial charge >= 0.3 is 0 Å².